The van der Waals surface area contributed by atoms with Crippen molar-refractivity contribution in [1.29, 1.82) is 0 Å². The Morgan fingerprint density at radius 2 is 0.900 bits per heavy atom. The molecule has 0 N–H and O–H groups in total. The topological polar surface area (TPSA) is 0 Å². The first-order valence-corrected chi connectivity index (χ1v) is 11.5. The molecule has 0 aliphatic rings. The van der Waals surface area contributed by atoms with E-state index in [0.29, 0.717) is 0 Å². The summed E-state index contributed by atoms with van der Waals surface area (Å²) in [4.78, 5) is 1.36. The van der Waals surface area contributed by atoms with Crippen molar-refractivity contribution in [2.24, 2.45) is 0 Å². The molecule has 3 rings (SSSR count). The van der Waals surface area contributed by atoms with Crippen LogP contribution in [-0.4, -0.2) is 13.5 Å². The molecule has 0 saturated heterocycles. The minimum absolute atomic E-state index is 1.34. The quantitative estimate of drug-likeness (QED) is 0.655. The van der Waals surface area contributed by atoms with Gasteiger partial charge >= 0.3 is 128 Å². The predicted molar refractivity (Wildman–Crippen MR) is 90.2 cm³/mol. The number of hydrogen-bond donors (Lipinski definition) is 0. The van der Waals surface area contributed by atoms with Crippen LogP contribution in [0.2, 0.25) is 0 Å². The second kappa shape index (κ2) is 6.83. The zero-order valence-electron chi connectivity index (χ0n) is 11.0. The van der Waals surface area contributed by atoms with Crippen LogP contribution in [0.3, 0.4) is 0 Å². The molecular formula is C18H15AsS. The van der Waals surface area contributed by atoms with Gasteiger partial charge in [-0.15, -0.1) is 0 Å². The van der Waals surface area contributed by atoms with Crippen molar-refractivity contribution < 1.29 is 0 Å². The average molecular weight is 338 g/mol. The summed E-state index contributed by atoms with van der Waals surface area (Å²) >= 11 is -1.34. The van der Waals surface area contributed by atoms with Gasteiger partial charge in [-0.05, 0) is 0 Å². The summed E-state index contributed by atoms with van der Waals surface area (Å²) in [6.45, 7) is 0. The van der Waals surface area contributed by atoms with Gasteiger partial charge in [0.25, 0.3) is 0 Å². The average Bonchev–Trinajstić information content (AvgIpc) is 2.55. The van der Waals surface area contributed by atoms with Gasteiger partial charge in [-0.1, -0.05) is 0 Å². The first kappa shape index (κ1) is 13.5. The van der Waals surface area contributed by atoms with Crippen LogP contribution in [0.1, 0.15) is 0 Å². The van der Waals surface area contributed by atoms with Gasteiger partial charge in [0.1, 0.15) is 0 Å². The van der Waals surface area contributed by atoms with E-state index in [9.17, 15) is 0 Å². The molecule has 0 heterocycles. The Balaban J connectivity index is 1.96. The normalized spacial score (nSPS) is 10.7. The molecule has 3 aromatic carbocycles. The maximum absolute atomic E-state index is 2.27. The first-order chi connectivity index (χ1) is 9.93. The van der Waals surface area contributed by atoms with Crippen LogP contribution in [0.4, 0.5) is 0 Å². The van der Waals surface area contributed by atoms with E-state index < -0.39 is 13.5 Å². The molecule has 98 valence electrons. The Hall–Kier alpha value is -1.43. The molecule has 0 fully saturated rings. The molecule has 0 aliphatic carbocycles. The second-order valence-electron chi connectivity index (χ2n) is 4.37. The number of benzene rings is 3. The summed E-state index contributed by atoms with van der Waals surface area (Å²) in [5, 5.41) is 0. The SMILES string of the molecule is c1ccc(S[As](c2ccccc2)c2ccccc2)cc1. The molecule has 0 atom stereocenters. The van der Waals surface area contributed by atoms with Crippen LogP contribution >= 0.6 is 10.0 Å². The van der Waals surface area contributed by atoms with E-state index in [4.69, 9.17) is 0 Å². The summed E-state index contributed by atoms with van der Waals surface area (Å²) in [6.07, 6.45) is 0. The molecule has 0 spiro atoms. The van der Waals surface area contributed by atoms with Crippen molar-refractivity contribution in [2.45, 2.75) is 4.90 Å². The Kier molecular flexibility index (Phi) is 4.63. The van der Waals surface area contributed by atoms with Crippen LogP contribution in [-0.2, 0) is 0 Å². The number of rotatable bonds is 4. The van der Waals surface area contributed by atoms with Crippen molar-refractivity contribution in [3.8, 4) is 0 Å². The predicted octanol–water partition coefficient (Wildman–Crippen LogP) is 3.58. The standard InChI is InChI=1S/C18H15AsS/c1-4-10-16(11-5-1)19(17-12-6-2-7-13-17)20-18-14-8-3-9-15-18/h1-15H. The van der Waals surface area contributed by atoms with E-state index in [1.165, 1.54) is 13.6 Å². The van der Waals surface area contributed by atoms with Crippen molar-refractivity contribution in [3.63, 3.8) is 0 Å². The van der Waals surface area contributed by atoms with Gasteiger partial charge in [-0.2, -0.15) is 0 Å². The monoisotopic (exact) mass is 338 g/mol. The summed E-state index contributed by atoms with van der Waals surface area (Å²) in [7, 11) is 2.04. The molecule has 0 bridgehead atoms. The molecule has 0 nitrogen and oxygen atoms in total. The van der Waals surface area contributed by atoms with Gasteiger partial charge in [0, 0.05) is 0 Å². The van der Waals surface area contributed by atoms with E-state index in [-0.39, 0.29) is 0 Å². The number of hydrogen-bond acceptors (Lipinski definition) is 1. The molecule has 0 aliphatic heterocycles. The fraction of sp³-hybridized carbons (Fsp3) is 0. The molecule has 0 aromatic heterocycles. The second-order valence-corrected chi connectivity index (χ2v) is 11.5. The zero-order chi connectivity index (χ0) is 13.6. The Labute approximate surface area is 128 Å². The summed E-state index contributed by atoms with van der Waals surface area (Å²) < 4.78 is 2.97. The fourth-order valence-corrected chi connectivity index (χ4v) is 9.84. The third-order valence-electron chi connectivity index (χ3n) is 2.92. The Bertz CT molecular complexity index is 599. The third-order valence-corrected chi connectivity index (χ3v) is 11.5. The zero-order valence-corrected chi connectivity index (χ0v) is 13.7. The van der Waals surface area contributed by atoms with Crippen LogP contribution in [0.15, 0.2) is 95.9 Å². The van der Waals surface area contributed by atoms with Crippen molar-refractivity contribution in [1.82, 2.24) is 0 Å². The van der Waals surface area contributed by atoms with Crippen LogP contribution < -0.4 is 8.70 Å². The molecular weight excluding hydrogens is 323 g/mol. The van der Waals surface area contributed by atoms with Crippen LogP contribution in [0.25, 0.3) is 0 Å². The van der Waals surface area contributed by atoms with Gasteiger partial charge in [0.2, 0.25) is 0 Å². The van der Waals surface area contributed by atoms with E-state index in [2.05, 4.69) is 91.0 Å². The fourth-order valence-electron chi connectivity index (χ4n) is 1.97. The van der Waals surface area contributed by atoms with Gasteiger partial charge in [-0.25, -0.2) is 0 Å². The van der Waals surface area contributed by atoms with Gasteiger partial charge in [0.05, 0.1) is 0 Å². The Morgan fingerprint density at radius 1 is 0.500 bits per heavy atom. The van der Waals surface area contributed by atoms with Crippen molar-refractivity contribution >= 4 is 32.2 Å². The van der Waals surface area contributed by atoms with Gasteiger partial charge in [-0.3, -0.25) is 0 Å². The van der Waals surface area contributed by atoms with Crippen LogP contribution in [0, 0.1) is 0 Å². The molecule has 0 unspecified atom stereocenters. The van der Waals surface area contributed by atoms with Gasteiger partial charge < -0.3 is 0 Å². The third kappa shape index (κ3) is 3.36. The molecule has 3 aromatic rings. The molecule has 2 heteroatoms. The van der Waals surface area contributed by atoms with Gasteiger partial charge in [0.15, 0.2) is 0 Å². The Morgan fingerprint density at radius 3 is 1.35 bits per heavy atom. The minimum atomic E-state index is -1.34. The van der Waals surface area contributed by atoms with E-state index in [0.717, 1.165) is 0 Å². The maximum atomic E-state index is 2.27. The van der Waals surface area contributed by atoms with E-state index in [1.54, 1.807) is 0 Å². The molecule has 0 radical (unpaired) electrons. The van der Waals surface area contributed by atoms with E-state index >= 15 is 0 Å². The molecule has 20 heavy (non-hydrogen) atoms. The van der Waals surface area contributed by atoms with E-state index in [1.807, 2.05) is 10.0 Å². The van der Waals surface area contributed by atoms with Crippen LogP contribution in [0.5, 0.6) is 0 Å². The first-order valence-electron chi connectivity index (χ1n) is 6.57. The summed E-state index contributed by atoms with van der Waals surface area (Å²) in [5.41, 5.74) is 0. The summed E-state index contributed by atoms with van der Waals surface area (Å²) in [5.74, 6) is 0. The van der Waals surface area contributed by atoms with Crippen molar-refractivity contribution in [3.05, 3.63) is 91.0 Å². The summed E-state index contributed by atoms with van der Waals surface area (Å²) in [6, 6.07) is 32.5. The molecule has 0 amide bonds. The molecule has 0 saturated carbocycles. The van der Waals surface area contributed by atoms with Crippen molar-refractivity contribution in [2.75, 3.05) is 0 Å².